The summed E-state index contributed by atoms with van der Waals surface area (Å²) >= 11 is 0. The fourth-order valence-corrected chi connectivity index (χ4v) is 5.51. The fraction of sp³-hybridized carbons (Fsp3) is 0.816. The number of unbranched alkanes of at least 4 members (excludes halogenated alkanes) is 30. The van der Waals surface area contributed by atoms with Crippen molar-refractivity contribution < 1.29 is 0 Å². The van der Waals surface area contributed by atoms with Gasteiger partial charge in [0.15, 0.2) is 0 Å². The van der Waals surface area contributed by atoms with Gasteiger partial charge in [-0.2, -0.15) is 0 Å². The number of allylic oxidation sites excluding steroid dienone is 4. The predicted octanol–water partition coefficient (Wildman–Crippen LogP) is 19.0. The van der Waals surface area contributed by atoms with Crippen molar-refractivity contribution >= 4 is 0 Å². The summed E-state index contributed by atoms with van der Waals surface area (Å²) in [6, 6.07) is 0. The van der Waals surface area contributed by atoms with Gasteiger partial charge in [-0.25, -0.2) is 0 Å². The van der Waals surface area contributed by atoms with Crippen LogP contribution < -0.4 is 0 Å². The van der Waals surface area contributed by atoms with Crippen LogP contribution in [0.1, 0.15) is 259 Å². The average Bonchev–Trinajstić information content (AvgIpc) is 3.12. The van der Waals surface area contributed by atoms with Gasteiger partial charge < -0.3 is 0 Å². The molecule has 0 fully saturated rings. The van der Waals surface area contributed by atoms with E-state index in [1.54, 1.807) is 0 Å². The van der Waals surface area contributed by atoms with Crippen molar-refractivity contribution in [3.05, 3.63) is 55.8 Å². The van der Waals surface area contributed by atoms with Crippen molar-refractivity contribution in [1.29, 1.82) is 0 Å². The quantitative estimate of drug-likeness (QED) is 0.0354. The molecule has 0 aliphatic rings. The van der Waals surface area contributed by atoms with Crippen molar-refractivity contribution in [2.24, 2.45) is 0 Å². The third kappa shape index (κ3) is 73.2. The van der Waals surface area contributed by atoms with Crippen LogP contribution >= 0.6 is 0 Å². The minimum absolute atomic E-state index is 1.20. The van der Waals surface area contributed by atoms with Crippen LogP contribution in [0.5, 0.6) is 0 Å². The lowest BCUT2D eigenvalue weighted by Gasteiger charge is -1.97. The van der Waals surface area contributed by atoms with E-state index in [0.29, 0.717) is 0 Å². The molecule has 0 radical (unpaired) electrons. The van der Waals surface area contributed by atoms with Gasteiger partial charge in [0, 0.05) is 0 Å². The van der Waals surface area contributed by atoms with E-state index in [2.05, 4.69) is 72.2 Å². The summed E-state index contributed by atoms with van der Waals surface area (Å²) in [5, 5.41) is 0. The van der Waals surface area contributed by atoms with Crippen molar-refractivity contribution in [2.75, 3.05) is 0 Å². The Kier molecular flexibility index (Phi) is 68.9. The summed E-state index contributed by atoms with van der Waals surface area (Å²) in [4.78, 5) is 0. The molecule has 0 heterocycles. The highest BCUT2D eigenvalue weighted by Gasteiger charge is 1.90. The molecule has 0 aromatic rings. The summed E-state index contributed by atoms with van der Waals surface area (Å²) in [6.07, 6.45) is 58.3. The minimum Gasteiger partial charge on any atom is -0.130 e. The average molecular weight is 685 g/mol. The van der Waals surface area contributed by atoms with Gasteiger partial charge in [-0.15, -0.1) is 25.5 Å². The second-order valence-electron chi connectivity index (χ2n) is 14.2. The van der Waals surface area contributed by atoms with Gasteiger partial charge >= 0.3 is 0 Å². The highest BCUT2D eigenvalue weighted by Crippen LogP contribution is 2.10. The zero-order chi connectivity index (χ0) is 37.0. The van der Waals surface area contributed by atoms with Gasteiger partial charge in [0.2, 0.25) is 0 Å². The topological polar surface area (TPSA) is 0 Å². The standard InChI is InChI=1S/C19H36.3C10H20/c1-3-5-7-9-11-13-15-17-19-18-16-14-12-10-8-6-4-2;3*1-3-5-7-9-10-8-6-4-2/h17-18H,3-16H2,1-2H3;3*3H,1,4-10H2,2H3. The van der Waals surface area contributed by atoms with Crippen molar-refractivity contribution in [3.63, 3.8) is 0 Å². The lowest BCUT2D eigenvalue weighted by atomic mass is 10.1. The van der Waals surface area contributed by atoms with Gasteiger partial charge in [0.1, 0.15) is 0 Å². The SMILES string of the molecule is C=CCCCCCCCC.C=CCCCCCCCC.C=CCCCCCCCC.CCCCCCCCC=C=CCCCCCCCC. The highest BCUT2D eigenvalue weighted by atomic mass is 14.0. The second kappa shape index (κ2) is 61.9. The monoisotopic (exact) mass is 685 g/mol. The van der Waals surface area contributed by atoms with E-state index in [0.717, 1.165) is 0 Å². The van der Waals surface area contributed by atoms with E-state index in [9.17, 15) is 0 Å². The molecule has 0 unspecified atom stereocenters. The Morgan fingerprint density at radius 3 is 0.653 bits per heavy atom. The summed E-state index contributed by atoms with van der Waals surface area (Å²) < 4.78 is 0. The molecule has 0 heteroatoms. The van der Waals surface area contributed by atoms with Crippen LogP contribution in [0.25, 0.3) is 0 Å². The molecule has 292 valence electrons. The highest BCUT2D eigenvalue weighted by molar-refractivity contribution is 4.84. The van der Waals surface area contributed by atoms with Crippen LogP contribution in [0.4, 0.5) is 0 Å². The van der Waals surface area contributed by atoms with Crippen LogP contribution in [-0.2, 0) is 0 Å². The molecule has 0 aromatic heterocycles. The van der Waals surface area contributed by atoms with E-state index in [-0.39, 0.29) is 0 Å². The Hall–Kier alpha value is -1.26. The summed E-state index contributed by atoms with van der Waals surface area (Å²) in [7, 11) is 0. The zero-order valence-corrected chi connectivity index (χ0v) is 35.3. The van der Waals surface area contributed by atoms with Crippen molar-refractivity contribution in [2.45, 2.75) is 259 Å². The molecule has 0 aromatic carbocycles. The normalized spacial score (nSPS) is 9.90. The molecule has 0 aliphatic heterocycles. The van der Waals surface area contributed by atoms with E-state index in [1.807, 2.05) is 18.2 Å². The first-order valence-corrected chi connectivity index (χ1v) is 22.4. The van der Waals surface area contributed by atoms with Gasteiger partial charge in [0.05, 0.1) is 0 Å². The van der Waals surface area contributed by atoms with Crippen molar-refractivity contribution in [1.82, 2.24) is 0 Å². The Morgan fingerprint density at radius 2 is 0.449 bits per heavy atom. The van der Waals surface area contributed by atoms with Crippen molar-refractivity contribution in [3.8, 4) is 0 Å². The molecule has 0 saturated carbocycles. The Labute approximate surface area is 314 Å². The smallest absolute Gasteiger partial charge is 0.0274 e. The molecule has 0 amide bonds. The largest absolute Gasteiger partial charge is 0.130 e. The first-order chi connectivity index (χ1) is 24.2. The molecule has 0 N–H and O–H groups in total. The molecule has 0 rings (SSSR count). The van der Waals surface area contributed by atoms with Gasteiger partial charge in [-0.05, 0) is 76.4 Å². The number of rotatable bonds is 35. The maximum absolute atomic E-state index is 3.69. The van der Waals surface area contributed by atoms with Gasteiger partial charge in [0.25, 0.3) is 0 Å². The van der Waals surface area contributed by atoms with E-state index in [1.165, 1.54) is 225 Å². The molecule has 0 atom stereocenters. The first kappa shape index (κ1) is 54.5. The maximum Gasteiger partial charge on any atom is -0.0274 e. The predicted molar refractivity (Wildman–Crippen MR) is 233 cm³/mol. The summed E-state index contributed by atoms with van der Waals surface area (Å²) in [6.45, 7) is 22.4. The number of hydrogen-bond acceptors (Lipinski definition) is 0. The van der Waals surface area contributed by atoms with E-state index in [4.69, 9.17) is 0 Å². The third-order valence-corrected chi connectivity index (χ3v) is 8.93. The summed E-state index contributed by atoms with van der Waals surface area (Å²) in [5.74, 6) is 0. The molecule has 49 heavy (non-hydrogen) atoms. The molecule has 0 nitrogen and oxygen atoms in total. The zero-order valence-electron chi connectivity index (χ0n) is 35.3. The maximum atomic E-state index is 3.69. The van der Waals surface area contributed by atoms with Gasteiger partial charge in [-0.3, -0.25) is 0 Å². The third-order valence-electron chi connectivity index (χ3n) is 8.93. The van der Waals surface area contributed by atoms with Crippen LogP contribution in [0.2, 0.25) is 0 Å². The molecule has 0 saturated heterocycles. The lowest BCUT2D eigenvalue weighted by molar-refractivity contribution is 0.610. The lowest BCUT2D eigenvalue weighted by Crippen LogP contribution is -1.77. The Bertz CT molecular complexity index is 536. The van der Waals surface area contributed by atoms with E-state index < -0.39 is 0 Å². The van der Waals surface area contributed by atoms with Crippen LogP contribution in [-0.4, -0.2) is 0 Å². The van der Waals surface area contributed by atoms with E-state index >= 15 is 0 Å². The molecule has 0 bridgehead atoms. The number of hydrogen-bond donors (Lipinski definition) is 0. The van der Waals surface area contributed by atoms with Crippen LogP contribution in [0.15, 0.2) is 55.8 Å². The van der Waals surface area contributed by atoms with Gasteiger partial charge in [-0.1, -0.05) is 213 Å². The minimum atomic E-state index is 1.20. The molecule has 0 aliphatic carbocycles. The second-order valence-corrected chi connectivity index (χ2v) is 14.2. The Morgan fingerprint density at radius 1 is 0.265 bits per heavy atom. The van der Waals surface area contributed by atoms with Crippen LogP contribution in [0, 0.1) is 0 Å². The summed E-state index contributed by atoms with van der Waals surface area (Å²) in [5.41, 5.74) is 3.34. The molecule has 0 spiro atoms. The fourth-order valence-electron chi connectivity index (χ4n) is 5.51. The Balaban J connectivity index is -0.000000291. The molecular formula is C49H96. The van der Waals surface area contributed by atoms with Crippen LogP contribution in [0.3, 0.4) is 0 Å². The first-order valence-electron chi connectivity index (χ1n) is 22.4. The molecular weight excluding hydrogens is 589 g/mol.